The molecule has 15 heavy (non-hydrogen) atoms. The molecule has 0 rings (SSSR count). The Kier molecular flexibility index (Phi) is 9.04. The minimum absolute atomic E-state index is 0.615. The molecule has 4 heteroatoms. The first-order valence-corrected chi connectivity index (χ1v) is 7.00. The molecule has 0 unspecified atom stereocenters. The molecule has 0 spiro atoms. The van der Waals surface area contributed by atoms with E-state index in [0.717, 1.165) is 12.8 Å². The summed E-state index contributed by atoms with van der Waals surface area (Å²) in [6, 6.07) is 0. The van der Waals surface area contributed by atoms with Crippen LogP contribution in [0.5, 0.6) is 0 Å². The predicted molar refractivity (Wildman–Crippen MR) is 57.6 cm³/mol. The summed E-state index contributed by atoms with van der Waals surface area (Å²) in [5.41, 5.74) is 0. The summed E-state index contributed by atoms with van der Waals surface area (Å²) >= 11 is -1.50. The van der Waals surface area contributed by atoms with Crippen LogP contribution < -0.4 is 0 Å². The van der Waals surface area contributed by atoms with Gasteiger partial charge in [0.25, 0.3) is 0 Å². The van der Waals surface area contributed by atoms with Gasteiger partial charge in [-0.05, 0) is 0 Å². The van der Waals surface area contributed by atoms with Crippen LogP contribution in [-0.4, -0.2) is 20.0 Å². The van der Waals surface area contributed by atoms with Crippen molar-refractivity contribution in [3.8, 4) is 10.7 Å². The molecule has 0 heterocycles. The number of halogens is 3. The third-order valence-electron chi connectivity index (χ3n) is 1.89. The van der Waals surface area contributed by atoms with Gasteiger partial charge in [0.05, 0.1) is 0 Å². The Hall–Kier alpha value is -0.131. The van der Waals surface area contributed by atoms with E-state index in [9.17, 15) is 13.2 Å². The molecule has 0 radical (unpaired) electrons. The van der Waals surface area contributed by atoms with E-state index in [4.69, 9.17) is 0 Å². The summed E-state index contributed by atoms with van der Waals surface area (Å²) in [6.45, 7) is 2.16. The van der Waals surface area contributed by atoms with Crippen molar-refractivity contribution in [3.05, 3.63) is 0 Å². The number of hydrogen-bond donors (Lipinski definition) is 0. The fourth-order valence-corrected chi connectivity index (χ4v) is 1.75. The predicted octanol–water partition coefficient (Wildman–Crippen LogP) is 3.92. The normalized spacial score (nSPS) is 10.9. The van der Waals surface area contributed by atoms with Crippen molar-refractivity contribution in [1.29, 1.82) is 0 Å². The fourth-order valence-electron chi connectivity index (χ4n) is 1.14. The summed E-state index contributed by atoms with van der Waals surface area (Å²) in [5.74, 6) is 2.59. The van der Waals surface area contributed by atoms with Gasteiger partial charge in [0.2, 0.25) is 0 Å². The van der Waals surface area contributed by atoms with Gasteiger partial charge in [-0.1, -0.05) is 0 Å². The number of alkyl halides is 3. The molecule has 0 fully saturated rings. The van der Waals surface area contributed by atoms with E-state index >= 15 is 0 Å². The van der Waals surface area contributed by atoms with Crippen molar-refractivity contribution < 1.29 is 13.2 Å². The summed E-state index contributed by atoms with van der Waals surface area (Å²) < 4.78 is 35.1. The van der Waals surface area contributed by atoms with Crippen LogP contribution in [0, 0.1) is 10.7 Å². The standard InChI is InChI=1S/C11H17F3Se/c1-2-3-4-5-6-7-8-9-10-15-11(12,13)14/h2-8H2,1H3. The van der Waals surface area contributed by atoms with Gasteiger partial charge in [-0.15, -0.1) is 0 Å². The Bertz CT molecular complexity index is 200. The van der Waals surface area contributed by atoms with Crippen molar-refractivity contribution in [1.82, 2.24) is 0 Å². The number of hydrogen-bond acceptors (Lipinski definition) is 0. The number of unbranched alkanes of at least 4 members (excludes halogenated alkanes) is 6. The van der Waals surface area contributed by atoms with Crippen LogP contribution in [0.15, 0.2) is 0 Å². The van der Waals surface area contributed by atoms with Crippen LogP contribution in [-0.2, 0) is 0 Å². The zero-order chi connectivity index (χ0) is 11.6. The monoisotopic (exact) mass is 286 g/mol. The Labute approximate surface area is 96.2 Å². The fraction of sp³-hybridized carbons (Fsp3) is 0.818. The average Bonchev–Trinajstić information content (AvgIpc) is 2.14. The van der Waals surface area contributed by atoms with Gasteiger partial charge in [0, 0.05) is 0 Å². The molecule has 88 valence electrons. The van der Waals surface area contributed by atoms with Gasteiger partial charge >= 0.3 is 95.8 Å². The molecular weight excluding hydrogens is 268 g/mol. The van der Waals surface area contributed by atoms with E-state index in [0.29, 0.717) is 6.42 Å². The Morgan fingerprint density at radius 2 is 1.60 bits per heavy atom. The van der Waals surface area contributed by atoms with Gasteiger partial charge < -0.3 is 0 Å². The maximum absolute atomic E-state index is 11.7. The zero-order valence-electron chi connectivity index (χ0n) is 8.99. The van der Waals surface area contributed by atoms with E-state index in [-0.39, 0.29) is 0 Å². The molecule has 0 saturated heterocycles. The summed E-state index contributed by atoms with van der Waals surface area (Å²) in [4.78, 5) is 2.21. The van der Waals surface area contributed by atoms with Gasteiger partial charge in [-0.25, -0.2) is 0 Å². The van der Waals surface area contributed by atoms with Crippen molar-refractivity contribution in [2.24, 2.45) is 0 Å². The van der Waals surface area contributed by atoms with Crippen LogP contribution >= 0.6 is 0 Å². The molecule has 0 N–H and O–H groups in total. The molecule has 0 aliphatic heterocycles. The van der Waals surface area contributed by atoms with Gasteiger partial charge in [-0.3, -0.25) is 0 Å². The molecule has 0 nitrogen and oxygen atoms in total. The molecule has 0 aliphatic carbocycles. The maximum atomic E-state index is 11.7. The van der Waals surface area contributed by atoms with Crippen LogP contribution in [0.4, 0.5) is 13.2 Å². The topological polar surface area (TPSA) is 0 Å². The average molecular weight is 285 g/mol. The van der Waals surface area contributed by atoms with Gasteiger partial charge in [0.15, 0.2) is 0 Å². The quantitative estimate of drug-likeness (QED) is 0.394. The van der Waals surface area contributed by atoms with Crippen LogP contribution in [0.3, 0.4) is 0 Å². The molecule has 0 aromatic rings. The molecule has 0 bridgehead atoms. The zero-order valence-corrected chi connectivity index (χ0v) is 10.7. The second-order valence-corrected chi connectivity index (χ2v) is 5.17. The molecule has 0 amide bonds. The van der Waals surface area contributed by atoms with Crippen molar-refractivity contribution in [3.63, 3.8) is 0 Å². The molecular formula is C11H17F3Se. The molecule has 0 atom stereocenters. The van der Waals surface area contributed by atoms with Crippen LogP contribution in [0.25, 0.3) is 0 Å². The third-order valence-corrected chi connectivity index (χ3v) is 2.90. The van der Waals surface area contributed by atoms with E-state index in [1.165, 1.54) is 25.7 Å². The molecule has 0 aromatic heterocycles. The Morgan fingerprint density at radius 1 is 1.00 bits per heavy atom. The summed E-state index contributed by atoms with van der Waals surface area (Å²) in [6.07, 6.45) is 7.52. The van der Waals surface area contributed by atoms with Gasteiger partial charge in [0.1, 0.15) is 0 Å². The van der Waals surface area contributed by atoms with E-state index in [1.54, 1.807) is 0 Å². The first-order valence-electron chi connectivity index (χ1n) is 5.29. The Morgan fingerprint density at radius 3 is 2.20 bits per heavy atom. The summed E-state index contributed by atoms with van der Waals surface area (Å²) in [5, 5.41) is -4.07. The molecule has 0 aliphatic rings. The first kappa shape index (κ1) is 14.9. The van der Waals surface area contributed by atoms with E-state index in [1.807, 2.05) is 0 Å². The first-order chi connectivity index (χ1) is 7.06. The number of rotatable bonds is 6. The second-order valence-electron chi connectivity index (χ2n) is 3.34. The van der Waals surface area contributed by atoms with Crippen molar-refractivity contribution >= 4 is 15.0 Å². The van der Waals surface area contributed by atoms with Crippen LogP contribution in [0.2, 0.25) is 0 Å². The van der Waals surface area contributed by atoms with E-state index in [2.05, 4.69) is 17.7 Å². The minimum atomic E-state index is -4.07. The van der Waals surface area contributed by atoms with Crippen molar-refractivity contribution in [2.45, 2.75) is 56.9 Å². The van der Waals surface area contributed by atoms with Crippen molar-refractivity contribution in [2.75, 3.05) is 0 Å². The SMILES string of the molecule is CCCCCCCCC#C[Se]C(F)(F)F. The van der Waals surface area contributed by atoms with Gasteiger partial charge in [-0.2, -0.15) is 0 Å². The third kappa shape index (κ3) is 13.9. The van der Waals surface area contributed by atoms with Crippen LogP contribution in [0.1, 0.15) is 51.9 Å². The van der Waals surface area contributed by atoms with E-state index < -0.39 is 20.0 Å². The Balaban J connectivity index is 3.23. The molecule has 0 aromatic carbocycles. The molecule has 0 saturated carbocycles. The second kappa shape index (κ2) is 9.12. The summed E-state index contributed by atoms with van der Waals surface area (Å²) in [7, 11) is 0.